The highest BCUT2D eigenvalue weighted by Crippen LogP contribution is 2.18. The van der Waals surface area contributed by atoms with Gasteiger partial charge in [-0.1, -0.05) is 42.5 Å². The lowest BCUT2D eigenvalue weighted by Crippen LogP contribution is -2.43. The quantitative estimate of drug-likeness (QED) is 0.189. The maximum atomic E-state index is 13.2. The number of nitrogens with zero attached hydrogens (tertiary/aromatic N) is 2. The minimum absolute atomic E-state index is 0.0316. The van der Waals surface area contributed by atoms with Crippen molar-refractivity contribution >= 4 is 41.0 Å². The number of alkyl carbamates (subject to hydrolysis) is 1. The van der Waals surface area contributed by atoms with E-state index in [1.807, 2.05) is 65.4 Å². The summed E-state index contributed by atoms with van der Waals surface area (Å²) in [6, 6.07) is 16.8. The fourth-order valence-corrected chi connectivity index (χ4v) is 5.48. The molecule has 0 radical (unpaired) electrons. The highest BCUT2D eigenvalue weighted by atomic mass is 32.1. The molecule has 0 saturated carbocycles. The third-order valence-corrected chi connectivity index (χ3v) is 7.68. The third-order valence-electron chi connectivity index (χ3n) is 5.96. The van der Waals surface area contributed by atoms with Crippen LogP contribution in [0.5, 0.6) is 0 Å². The number of unbranched alkanes of at least 4 members (excludes halogenated alkanes) is 1. The van der Waals surface area contributed by atoms with E-state index in [2.05, 4.69) is 5.32 Å². The van der Waals surface area contributed by atoms with Gasteiger partial charge in [0.15, 0.2) is 0 Å². The third kappa shape index (κ3) is 12.2. The lowest BCUT2D eigenvalue weighted by atomic mass is 10.1. The fraction of sp³-hybridized carbons (Fsp3) is 0.433. The first-order valence-corrected chi connectivity index (χ1v) is 15.3. The van der Waals surface area contributed by atoms with Crippen LogP contribution >= 0.6 is 22.7 Å². The van der Waals surface area contributed by atoms with Crippen LogP contribution in [0.2, 0.25) is 0 Å². The summed E-state index contributed by atoms with van der Waals surface area (Å²) >= 11 is 3.14. The molecule has 0 fully saturated rings. The van der Waals surface area contributed by atoms with E-state index < -0.39 is 29.9 Å². The molecule has 0 aliphatic rings. The van der Waals surface area contributed by atoms with Gasteiger partial charge >= 0.3 is 18.3 Å². The first-order chi connectivity index (χ1) is 19.6. The molecule has 1 aromatic carbocycles. The summed E-state index contributed by atoms with van der Waals surface area (Å²) in [7, 11) is 0. The number of carboxylic acid groups (broad SMARTS) is 1. The van der Waals surface area contributed by atoms with Crippen molar-refractivity contribution in [2.24, 2.45) is 0 Å². The SMILES string of the molecule is CC(C)(C)OC(=O)N[C@@H](CCCCN(Cc1ccccc1)C(=O)O)COC(=O)N(Cc1cccs1)Cc1cccs1. The summed E-state index contributed by atoms with van der Waals surface area (Å²) in [5, 5.41) is 16.4. The Morgan fingerprint density at radius 1 is 0.878 bits per heavy atom. The summed E-state index contributed by atoms with van der Waals surface area (Å²) < 4.78 is 11.1. The number of thiophene rings is 2. The summed E-state index contributed by atoms with van der Waals surface area (Å²) in [6.07, 6.45) is -0.358. The fourth-order valence-electron chi connectivity index (χ4n) is 4.04. The van der Waals surface area contributed by atoms with Crippen molar-refractivity contribution in [2.45, 2.75) is 71.3 Å². The Morgan fingerprint density at radius 3 is 2.05 bits per heavy atom. The Bertz CT molecular complexity index is 1160. The van der Waals surface area contributed by atoms with Gasteiger partial charge in [0.1, 0.15) is 12.2 Å². The normalized spacial score (nSPS) is 11.9. The number of benzene rings is 1. The molecule has 222 valence electrons. The topological polar surface area (TPSA) is 108 Å². The van der Waals surface area contributed by atoms with Crippen LogP contribution in [-0.2, 0) is 29.1 Å². The maximum absolute atomic E-state index is 13.2. The van der Waals surface area contributed by atoms with Crippen molar-refractivity contribution in [3.05, 3.63) is 80.7 Å². The smallest absolute Gasteiger partial charge is 0.410 e. The lowest BCUT2D eigenvalue weighted by Gasteiger charge is -2.26. The van der Waals surface area contributed by atoms with Crippen LogP contribution < -0.4 is 5.32 Å². The molecule has 3 aromatic rings. The monoisotopic (exact) mass is 601 g/mol. The second kappa shape index (κ2) is 16.0. The van der Waals surface area contributed by atoms with E-state index in [4.69, 9.17) is 9.47 Å². The molecule has 0 unspecified atom stereocenters. The highest BCUT2D eigenvalue weighted by Gasteiger charge is 2.23. The number of hydrogen-bond acceptors (Lipinski definition) is 7. The van der Waals surface area contributed by atoms with Crippen LogP contribution in [0, 0.1) is 0 Å². The van der Waals surface area contributed by atoms with E-state index in [1.54, 1.807) is 48.3 Å². The number of carbonyl (C=O) groups is 3. The minimum Gasteiger partial charge on any atom is -0.465 e. The average molecular weight is 602 g/mol. The van der Waals surface area contributed by atoms with Crippen molar-refractivity contribution in [3.8, 4) is 0 Å². The maximum Gasteiger partial charge on any atom is 0.410 e. The van der Waals surface area contributed by atoms with E-state index in [0.717, 1.165) is 15.3 Å². The summed E-state index contributed by atoms with van der Waals surface area (Å²) in [5.41, 5.74) is 0.240. The zero-order valence-corrected chi connectivity index (χ0v) is 25.4. The van der Waals surface area contributed by atoms with Gasteiger partial charge in [0.25, 0.3) is 0 Å². The van der Waals surface area contributed by atoms with Gasteiger partial charge in [-0.15, -0.1) is 22.7 Å². The summed E-state index contributed by atoms with van der Waals surface area (Å²) in [5.74, 6) is 0. The standard InChI is InChI=1S/C30H39N3O6S2/c1-30(2,3)39-27(34)31-24(13-7-8-16-32(28(35)36)19-23-11-5-4-6-12-23)22-38-29(37)33(20-25-14-9-17-40-25)21-26-15-10-18-41-26/h4-6,9-12,14-15,17-18,24H,7-8,13,16,19-22H2,1-3H3,(H,31,34)(H,35,36)/t24-/m0/s1. The zero-order chi connectivity index (χ0) is 29.7. The Hall–Kier alpha value is -3.57. The van der Waals surface area contributed by atoms with Crippen molar-refractivity contribution in [1.29, 1.82) is 0 Å². The molecule has 0 bridgehead atoms. The summed E-state index contributed by atoms with van der Waals surface area (Å²) in [6.45, 7) is 6.80. The van der Waals surface area contributed by atoms with Crippen LogP contribution in [0.1, 0.15) is 55.4 Å². The van der Waals surface area contributed by atoms with Crippen LogP contribution in [0.3, 0.4) is 0 Å². The molecule has 2 aromatic heterocycles. The highest BCUT2D eigenvalue weighted by molar-refractivity contribution is 7.10. The molecular formula is C30H39N3O6S2. The number of rotatable bonds is 14. The predicted molar refractivity (Wildman–Crippen MR) is 161 cm³/mol. The minimum atomic E-state index is -0.984. The predicted octanol–water partition coefficient (Wildman–Crippen LogP) is 7.19. The summed E-state index contributed by atoms with van der Waals surface area (Å²) in [4.78, 5) is 42.6. The molecule has 2 N–H and O–H groups in total. The van der Waals surface area contributed by atoms with Crippen LogP contribution in [0.4, 0.5) is 14.4 Å². The average Bonchev–Trinajstić information content (AvgIpc) is 3.62. The molecule has 2 heterocycles. The second-order valence-electron chi connectivity index (χ2n) is 10.6. The van der Waals surface area contributed by atoms with Crippen molar-refractivity contribution in [3.63, 3.8) is 0 Å². The number of hydrogen-bond donors (Lipinski definition) is 2. The number of nitrogens with one attached hydrogen (secondary N) is 1. The Morgan fingerprint density at radius 2 is 1.51 bits per heavy atom. The largest absolute Gasteiger partial charge is 0.465 e. The van der Waals surface area contributed by atoms with Gasteiger partial charge in [-0.05, 0) is 68.5 Å². The van der Waals surface area contributed by atoms with Gasteiger partial charge in [0.05, 0.1) is 19.1 Å². The van der Waals surface area contributed by atoms with E-state index in [1.165, 1.54) is 4.90 Å². The second-order valence-corrected chi connectivity index (χ2v) is 12.7. The zero-order valence-electron chi connectivity index (χ0n) is 23.8. The molecule has 41 heavy (non-hydrogen) atoms. The van der Waals surface area contributed by atoms with Crippen molar-refractivity contribution < 1.29 is 29.0 Å². The molecule has 0 aliphatic heterocycles. The van der Waals surface area contributed by atoms with Gasteiger partial charge in [0.2, 0.25) is 0 Å². The van der Waals surface area contributed by atoms with Gasteiger partial charge in [-0.3, -0.25) is 4.90 Å². The number of carbonyl (C=O) groups excluding carboxylic acids is 2. The molecule has 11 heteroatoms. The van der Waals surface area contributed by atoms with Crippen LogP contribution in [-0.4, -0.2) is 58.0 Å². The molecule has 3 rings (SSSR count). The Labute approximate surface area is 249 Å². The van der Waals surface area contributed by atoms with E-state index in [0.29, 0.717) is 45.4 Å². The van der Waals surface area contributed by atoms with E-state index in [-0.39, 0.29) is 6.61 Å². The van der Waals surface area contributed by atoms with Crippen molar-refractivity contribution in [2.75, 3.05) is 13.2 Å². The van der Waals surface area contributed by atoms with Gasteiger partial charge in [-0.2, -0.15) is 0 Å². The number of amides is 3. The van der Waals surface area contributed by atoms with Gasteiger partial charge < -0.3 is 24.8 Å². The first-order valence-electron chi connectivity index (χ1n) is 13.6. The van der Waals surface area contributed by atoms with Crippen molar-refractivity contribution in [1.82, 2.24) is 15.1 Å². The van der Waals surface area contributed by atoms with E-state index >= 15 is 0 Å². The molecular weight excluding hydrogens is 562 g/mol. The lowest BCUT2D eigenvalue weighted by molar-refractivity contribution is 0.0442. The Balaban J connectivity index is 1.58. The number of ether oxygens (including phenoxy) is 2. The first kappa shape index (κ1) is 32.0. The van der Waals surface area contributed by atoms with E-state index in [9.17, 15) is 19.5 Å². The molecule has 1 atom stereocenters. The molecule has 0 aliphatic carbocycles. The molecule has 0 saturated heterocycles. The van der Waals surface area contributed by atoms with Crippen LogP contribution in [0.15, 0.2) is 65.4 Å². The van der Waals surface area contributed by atoms with Crippen LogP contribution in [0.25, 0.3) is 0 Å². The van der Waals surface area contributed by atoms with Gasteiger partial charge in [-0.25, -0.2) is 14.4 Å². The molecule has 0 spiro atoms. The molecule has 3 amide bonds. The van der Waals surface area contributed by atoms with Gasteiger partial charge in [0, 0.05) is 22.8 Å². The molecule has 9 nitrogen and oxygen atoms in total. The Kier molecular flexibility index (Phi) is 12.5.